The van der Waals surface area contributed by atoms with Gasteiger partial charge in [-0.2, -0.15) is 0 Å². The first-order valence-electron chi connectivity index (χ1n) is 22.8. The lowest BCUT2D eigenvalue weighted by Gasteiger charge is -2.25. The third kappa shape index (κ3) is 21.1. The van der Waals surface area contributed by atoms with E-state index >= 15 is 0 Å². The lowest BCUT2D eigenvalue weighted by Crippen LogP contribution is -2.21. The van der Waals surface area contributed by atoms with Crippen LogP contribution in [-0.4, -0.2) is 49.6 Å². The number of hydrogen-bond donors (Lipinski definition) is 0. The molecule has 1 aromatic heterocycles. The summed E-state index contributed by atoms with van der Waals surface area (Å²) in [4.78, 5) is 6.52. The zero-order valence-electron chi connectivity index (χ0n) is 43.0. The number of anilines is 1. The first kappa shape index (κ1) is 59.0. The van der Waals surface area contributed by atoms with Crippen LogP contribution in [0.5, 0.6) is 0 Å². The van der Waals surface area contributed by atoms with Gasteiger partial charge in [0.15, 0.2) is 0 Å². The van der Waals surface area contributed by atoms with Crippen molar-refractivity contribution < 1.29 is 0 Å². The van der Waals surface area contributed by atoms with Gasteiger partial charge in [-0.3, -0.25) is 0 Å². The van der Waals surface area contributed by atoms with E-state index in [1.54, 1.807) is 6.08 Å². The summed E-state index contributed by atoms with van der Waals surface area (Å²) < 4.78 is 2.41. The molecule has 4 rings (SSSR count). The van der Waals surface area contributed by atoms with Gasteiger partial charge in [-0.05, 0) is 118 Å². The Bertz CT molecular complexity index is 2480. The Morgan fingerprint density at radius 2 is 1.52 bits per heavy atom. The molecule has 0 amide bonds. The molecule has 2 aromatic carbocycles. The topological polar surface area (TPSA) is 14.7 Å². The molecule has 66 heavy (non-hydrogen) atoms. The average Bonchev–Trinajstić information content (AvgIpc) is 3.58. The minimum atomic E-state index is 0.753. The summed E-state index contributed by atoms with van der Waals surface area (Å²) in [6.45, 7) is 35.0. The summed E-state index contributed by atoms with van der Waals surface area (Å²) in [5, 5.41) is 3.44. The highest BCUT2D eigenvalue weighted by Crippen LogP contribution is 2.32. The Morgan fingerprint density at radius 1 is 0.818 bits per heavy atom. The van der Waals surface area contributed by atoms with Gasteiger partial charge < -0.3 is 19.3 Å². The van der Waals surface area contributed by atoms with Crippen LogP contribution in [0.25, 0.3) is 29.6 Å². The molecule has 0 N–H and O–H groups in total. The number of likely N-dealkylation sites (N-methyl/N-ethyl adjacent to an activating group) is 2. The molecular formula is C62H82N4. The van der Waals surface area contributed by atoms with Gasteiger partial charge in [-0.25, -0.2) is 0 Å². The highest BCUT2D eigenvalue weighted by atomic mass is 15.1. The molecule has 4 heteroatoms. The van der Waals surface area contributed by atoms with E-state index in [4.69, 9.17) is 0 Å². The van der Waals surface area contributed by atoms with Gasteiger partial charge in [-0.1, -0.05) is 167 Å². The van der Waals surface area contributed by atoms with Crippen molar-refractivity contribution in [3.63, 3.8) is 0 Å². The SMILES string of the molecule is C/C=C/C=C\C=C/C(C)=C/C.C=C.C=C/C(=C\c1c(C)c2ccc(N(C)C)cc2n1C/C=C\C(=C/C)N(C)C)N(C)C1=C/C/C=C\C=C\C=C=C\C=C\1C.C=C/C=c1/ccccc1=C.CC. The van der Waals surface area contributed by atoms with E-state index in [9.17, 15) is 0 Å². The molecule has 0 bridgehead atoms. The molecular weight excluding hydrogens is 801 g/mol. The van der Waals surface area contributed by atoms with Crippen LogP contribution in [0.15, 0.2) is 224 Å². The monoisotopic (exact) mass is 883 g/mol. The largest absolute Gasteiger partial charge is 0.378 e. The Balaban J connectivity index is 0.00000137. The normalized spacial score (nSPS) is 15.9. The zero-order chi connectivity index (χ0) is 49.9. The smallest absolute Gasteiger partial charge is 0.0511 e. The molecule has 1 heterocycles. The molecule has 0 unspecified atom stereocenters. The van der Waals surface area contributed by atoms with Crippen LogP contribution in [0, 0.1) is 6.92 Å². The quantitative estimate of drug-likeness (QED) is 0.0966. The van der Waals surface area contributed by atoms with E-state index in [-0.39, 0.29) is 0 Å². The maximum Gasteiger partial charge on any atom is 0.0511 e. The van der Waals surface area contributed by atoms with Crippen molar-refractivity contribution in [2.45, 2.75) is 68.4 Å². The van der Waals surface area contributed by atoms with Crippen molar-refractivity contribution in [3.8, 4) is 0 Å². The van der Waals surface area contributed by atoms with Crippen molar-refractivity contribution in [1.29, 1.82) is 0 Å². The number of fused-ring (bicyclic) bond motifs is 1. The van der Waals surface area contributed by atoms with Crippen LogP contribution >= 0.6 is 0 Å². The molecule has 350 valence electrons. The number of aryl methyl sites for hydroxylation is 1. The maximum atomic E-state index is 4.22. The molecule has 0 saturated heterocycles. The highest BCUT2D eigenvalue weighted by molar-refractivity contribution is 5.91. The fourth-order valence-electron chi connectivity index (χ4n) is 6.30. The molecule has 0 saturated carbocycles. The van der Waals surface area contributed by atoms with E-state index in [1.165, 1.54) is 39.1 Å². The summed E-state index contributed by atoms with van der Waals surface area (Å²) in [6, 6.07) is 14.7. The van der Waals surface area contributed by atoms with E-state index in [0.717, 1.165) is 40.4 Å². The van der Waals surface area contributed by atoms with E-state index < -0.39 is 0 Å². The van der Waals surface area contributed by atoms with E-state index in [0.29, 0.717) is 0 Å². The molecule has 0 atom stereocenters. The van der Waals surface area contributed by atoms with Crippen LogP contribution in [0.2, 0.25) is 0 Å². The lowest BCUT2D eigenvalue weighted by molar-refractivity contribution is 0.528. The Morgan fingerprint density at radius 3 is 2.12 bits per heavy atom. The molecule has 0 fully saturated rings. The zero-order valence-corrected chi connectivity index (χ0v) is 43.0. The third-order valence-corrected chi connectivity index (χ3v) is 10.0. The summed E-state index contributed by atoms with van der Waals surface area (Å²) in [6.07, 6.45) is 46.1. The molecule has 1 aliphatic rings. The van der Waals surface area contributed by atoms with Gasteiger partial charge in [0.1, 0.15) is 0 Å². The van der Waals surface area contributed by atoms with Crippen LogP contribution in [0.1, 0.15) is 66.1 Å². The molecule has 1 aliphatic carbocycles. The average molecular weight is 883 g/mol. The number of rotatable bonds is 13. The standard InChI is InChI=1S/C37H46N4.C11H16.C10H10.C2H6.C2H4/c1-10-31(38(5)6)22-20-26-41-36(30(4)34-25-24-33(39(7)8)28-37(34)41)27-32(11-2)40(9)35-23-19-17-15-13-12-14-16-18-21-29(35)3;1-4-6-7-8-9-10-11(3)5-2;1-3-6-10-8-5-4-7-9(10)2;2*1-2/h10-15,17-18,20-25,27-28H,2,19,26H2,1,3-9H3;4-10H,1-3H3;3-8H,1-2H2;1-2H3;1-2H2/b13-12+,17-15-,22-20-,29-21+,31-10+,32-27+,35-23+;6-4+,8-7-,10-9-,11-5+;10-6-;;. The Kier molecular flexibility index (Phi) is 31.6. The number of allylic oxidation sites excluding steroid dienone is 21. The van der Waals surface area contributed by atoms with Gasteiger partial charge in [-0.15, -0.1) is 18.9 Å². The molecule has 0 aliphatic heterocycles. The first-order chi connectivity index (χ1) is 31.8. The molecule has 3 aromatic rings. The van der Waals surface area contributed by atoms with Crippen LogP contribution < -0.4 is 15.3 Å². The fraction of sp³-hybridized carbons (Fsp3) is 0.242. The summed E-state index contributed by atoms with van der Waals surface area (Å²) in [5.74, 6) is 0. The van der Waals surface area contributed by atoms with Crippen molar-refractivity contribution in [2.24, 2.45) is 0 Å². The van der Waals surface area contributed by atoms with E-state index in [2.05, 4.69) is 200 Å². The number of nitrogens with zero attached hydrogens (tertiary/aromatic N) is 4. The fourth-order valence-corrected chi connectivity index (χ4v) is 6.30. The predicted molar refractivity (Wildman–Crippen MR) is 302 cm³/mol. The summed E-state index contributed by atoms with van der Waals surface area (Å²) >= 11 is 0. The second-order valence-electron chi connectivity index (χ2n) is 15.0. The molecule has 0 spiro atoms. The van der Waals surface area contributed by atoms with Gasteiger partial charge in [0.2, 0.25) is 0 Å². The van der Waals surface area contributed by atoms with Crippen LogP contribution in [-0.2, 0) is 6.54 Å². The van der Waals surface area contributed by atoms with Crippen molar-refractivity contribution in [2.75, 3.05) is 40.1 Å². The Hall–Kier alpha value is -7.00. The Labute approximate surface area is 402 Å². The van der Waals surface area contributed by atoms with Crippen molar-refractivity contribution >= 4 is 35.3 Å². The lowest BCUT2D eigenvalue weighted by atomic mass is 10.1. The second-order valence-corrected chi connectivity index (χ2v) is 15.0. The first-order valence-corrected chi connectivity index (χ1v) is 22.8. The number of benzene rings is 2. The van der Waals surface area contributed by atoms with Gasteiger partial charge in [0.25, 0.3) is 0 Å². The minimum absolute atomic E-state index is 0.753. The number of hydrogen-bond acceptors (Lipinski definition) is 3. The van der Waals surface area contributed by atoms with Crippen molar-refractivity contribution in [1.82, 2.24) is 14.4 Å². The van der Waals surface area contributed by atoms with Gasteiger partial charge >= 0.3 is 0 Å². The van der Waals surface area contributed by atoms with Gasteiger partial charge in [0.05, 0.1) is 5.52 Å². The molecule has 0 radical (unpaired) electrons. The summed E-state index contributed by atoms with van der Waals surface area (Å²) in [5.41, 5.74) is 13.9. The van der Waals surface area contributed by atoms with E-state index in [1.807, 2.05) is 119 Å². The van der Waals surface area contributed by atoms with Crippen molar-refractivity contribution in [3.05, 3.63) is 246 Å². The second kappa shape index (κ2) is 35.4. The maximum absolute atomic E-state index is 4.22. The number of aromatic nitrogens is 1. The minimum Gasteiger partial charge on any atom is -0.378 e. The molecule has 4 nitrogen and oxygen atoms in total. The highest BCUT2D eigenvalue weighted by Gasteiger charge is 2.16. The predicted octanol–water partition coefficient (Wildman–Crippen LogP) is 15.1. The summed E-state index contributed by atoms with van der Waals surface area (Å²) in [7, 11) is 10.4. The van der Waals surface area contributed by atoms with Gasteiger partial charge in [0, 0.05) is 75.6 Å². The van der Waals surface area contributed by atoms with Crippen LogP contribution in [0.4, 0.5) is 5.69 Å². The van der Waals surface area contributed by atoms with Crippen LogP contribution in [0.3, 0.4) is 0 Å². The third-order valence-electron chi connectivity index (χ3n) is 10.0.